The fourth-order valence-electron chi connectivity index (χ4n) is 7.14. The van der Waals surface area contributed by atoms with Gasteiger partial charge in [-0.25, -0.2) is 22.6 Å². The highest BCUT2D eigenvalue weighted by Crippen LogP contribution is 2.49. The van der Waals surface area contributed by atoms with Crippen LogP contribution in [-0.2, 0) is 20.4 Å². The Labute approximate surface area is 269 Å². The molecular weight excluding hydrogens is 609 g/mol. The molecule has 6 rings (SSSR count). The lowest BCUT2D eigenvalue weighted by molar-refractivity contribution is -0.121. The van der Waals surface area contributed by atoms with Gasteiger partial charge in [0.15, 0.2) is 5.54 Å². The summed E-state index contributed by atoms with van der Waals surface area (Å²) in [5.41, 5.74) is -1.45. The summed E-state index contributed by atoms with van der Waals surface area (Å²) in [6.07, 6.45) is 5.50. The average Bonchev–Trinajstić information content (AvgIpc) is 3.30. The minimum absolute atomic E-state index is 0.0140. The monoisotopic (exact) mass is 649 g/mol. The Balaban J connectivity index is 1.43. The van der Waals surface area contributed by atoms with Gasteiger partial charge in [-0.1, -0.05) is 18.2 Å². The third-order valence-electron chi connectivity index (χ3n) is 9.59. The van der Waals surface area contributed by atoms with Crippen LogP contribution in [0.1, 0.15) is 49.3 Å². The number of rotatable bonds is 7. The number of amides is 3. The Morgan fingerprint density at radius 2 is 1.65 bits per heavy atom. The van der Waals surface area contributed by atoms with Crippen molar-refractivity contribution in [2.75, 3.05) is 44.1 Å². The number of anilines is 1. The van der Waals surface area contributed by atoms with Crippen LogP contribution in [0.2, 0.25) is 0 Å². The first kappa shape index (κ1) is 31.9. The summed E-state index contributed by atoms with van der Waals surface area (Å²) in [6, 6.07) is 12.1. The van der Waals surface area contributed by atoms with Gasteiger partial charge in [-0.05, 0) is 113 Å². The van der Waals surface area contributed by atoms with E-state index >= 15 is 4.39 Å². The highest BCUT2D eigenvalue weighted by Gasteiger charge is 2.59. The van der Waals surface area contributed by atoms with Gasteiger partial charge in [0.25, 0.3) is 15.9 Å². The molecule has 244 valence electrons. The summed E-state index contributed by atoms with van der Waals surface area (Å²) in [6.45, 7) is 6.82. The second-order valence-corrected chi connectivity index (χ2v) is 14.3. The van der Waals surface area contributed by atoms with Crippen molar-refractivity contribution in [1.29, 1.82) is 0 Å². The summed E-state index contributed by atoms with van der Waals surface area (Å²) in [5.74, 6) is -0.507. The molecule has 0 spiro atoms. The summed E-state index contributed by atoms with van der Waals surface area (Å²) >= 11 is 0. The number of aromatic nitrogens is 1. The van der Waals surface area contributed by atoms with E-state index in [2.05, 4.69) is 22.2 Å². The number of piperidine rings is 2. The van der Waals surface area contributed by atoms with Crippen molar-refractivity contribution in [1.82, 2.24) is 20.1 Å². The molecule has 1 unspecified atom stereocenters. The van der Waals surface area contributed by atoms with Gasteiger partial charge in [0.1, 0.15) is 5.82 Å². The van der Waals surface area contributed by atoms with Gasteiger partial charge in [0.2, 0.25) is 5.88 Å². The Kier molecular flexibility index (Phi) is 8.77. The molecule has 3 aromatic rings. The van der Waals surface area contributed by atoms with E-state index in [-0.39, 0.29) is 34.2 Å². The normalized spacial score (nSPS) is 21.3. The number of urea groups is 1. The van der Waals surface area contributed by atoms with Crippen LogP contribution in [0.3, 0.4) is 0 Å². The molecule has 1 N–H and O–H groups in total. The van der Waals surface area contributed by atoms with Gasteiger partial charge >= 0.3 is 6.03 Å². The average molecular weight is 650 g/mol. The number of aryl methyl sites for hydroxylation is 1. The summed E-state index contributed by atoms with van der Waals surface area (Å²) < 4.78 is 49.9. The number of ether oxygens (including phenoxy) is 1. The van der Waals surface area contributed by atoms with E-state index in [1.807, 2.05) is 0 Å². The first-order chi connectivity index (χ1) is 22.1. The van der Waals surface area contributed by atoms with Gasteiger partial charge < -0.3 is 19.9 Å². The lowest BCUT2D eigenvalue weighted by atomic mass is 9.79. The number of hydrogen-bond acceptors (Lipinski definition) is 7. The van der Waals surface area contributed by atoms with Crippen LogP contribution in [0.25, 0.3) is 0 Å². The number of carbonyl (C=O) groups excluding carboxylic acids is 2. The maximum Gasteiger partial charge on any atom is 0.318 e. The van der Waals surface area contributed by atoms with E-state index in [0.717, 1.165) is 50.9 Å². The SMILES string of the molecule is CCOc1ncc(C)cc1C1(NC(=O)N2CCC(C3CCN(C)CC3)CC2)C(=O)N(S(=O)(=O)c2ccccc2)c2ccc(F)cc21. The summed E-state index contributed by atoms with van der Waals surface area (Å²) in [4.78, 5) is 37.4. The molecule has 1 aromatic heterocycles. The van der Waals surface area contributed by atoms with E-state index in [0.29, 0.717) is 34.8 Å². The number of hydrogen-bond donors (Lipinski definition) is 1. The molecule has 2 fully saturated rings. The van der Waals surface area contributed by atoms with E-state index in [1.165, 1.54) is 18.2 Å². The molecule has 0 aliphatic carbocycles. The second-order valence-electron chi connectivity index (χ2n) is 12.5. The zero-order chi connectivity index (χ0) is 32.6. The smallest absolute Gasteiger partial charge is 0.318 e. The maximum absolute atomic E-state index is 15.1. The zero-order valence-electron chi connectivity index (χ0n) is 26.4. The van der Waals surface area contributed by atoms with Crippen LogP contribution < -0.4 is 14.4 Å². The van der Waals surface area contributed by atoms with Crippen molar-refractivity contribution in [3.8, 4) is 5.88 Å². The molecule has 46 heavy (non-hydrogen) atoms. The number of pyridine rings is 1. The van der Waals surface area contributed by atoms with Gasteiger partial charge in [0, 0.05) is 24.8 Å². The molecular formula is C34H40FN5O5S. The molecule has 12 heteroatoms. The molecule has 3 aliphatic heterocycles. The lowest BCUT2D eigenvalue weighted by Crippen LogP contribution is -2.58. The number of sulfonamides is 1. The molecule has 2 saturated heterocycles. The molecule has 0 bridgehead atoms. The van der Waals surface area contributed by atoms with Gasteiger partial charge in [-0.15, -0.1) is 0 Å². The van der Waals surface area contributed by atoms with Crippen molar-refractivity contribution < 1.29 is 27.1 Å². The van der Waals surface area contributed by atoms with Crippen LogP contribution in [-0.4, -0.2) is 75.0 Å². The third kappa shape index (κ3) is 5.62. The summed E-state index contributed by atoms with van der Waals surface area (Å²) in [7, 11) is -2.34. The molecule has 0 radical (unpaired) electrons. The van der Waals surface area contributed by atoms with Crippen molar-refractivity contribution in [3.05, 3.63) is 83.3 Å². The number of halogens is 1. The third-order valence-corrected chi connectivity index (χ3v) is 11.3. The quantitative estimate of drug-likeness (QED) is 0.396. The van der Waals surface area contributed by atoms with Gasteiger partial charge in [-0.3, -0.25) is 4.79 Å². The number of fused-ring (bicyclic) bond motifs is 1. The first-order valence-electron chi connectivity index (χ1n) is 15.9. The Morgan fingerprint density at radius 1 is 1.00 bits per heavy atom. The molecule has 3 aliphatic rings. The molecule has 4 heterocycles. The molecule has 10 nitrogen and oxygen atoms in total. The molecule has 2 aromatic carbocycles. The second kappa shape index (κ2) is 12.6. The Bertz CT molecular complexity index is 1720. The van der Waals surface area contributed by atoms with Crippen molar-refractivity contribution in [2.24, 2.45) is 11.8 Å². The van der Waals surface area contributed by atoms with Crippen LogP contribution in [0.15, 0.2) is 65.7 Å². The number of carbonyl (C=O) groups is 2. The highest BCUT2D eigenvalue weighted by atomic mass is 32.2. The predicted molar refractivity (Wildman–Crippen MR) is 171 cm³/mol. The molecule has 1 atom stereocenters. The van der Waals surface area contributed by atoms with Crippen molar-refractivity contribution >= 4 is 27.6 Å². The largest absolute Gasteiger partial charge is 0.478 e. The van der Waals surface area contributed by atoms with Crippen molar-refractivity contribution in [2.45, 2.75) is 50.0 Å². The number of nitrogens with zero attached hydrogens (tertiary/aromatic N) is 4. The maximum atomic E-state index is 15.1. The number of benzene rings is 2. The van der Waals surface area contributed by atoms with Crippen LogP contribution in [0, 0.1) is 24.6 Å². The van der Waals surface area contributed by atoms with E-state index in [4.69, 9.17) is 4.74 Å². The van der Waals surface area contributed by atoms with E-state index < -0.39 is 33.3 Å². The minimum atomic E-state index is -4.48. The van der Waals surface area contributed by atoms with Gasteiger partial charge in [0.05, 0.1) is 22.8 Å². The Hall–Kier alpha value is -4.03. The zero-order valence-corrected chi connectivity index (χ0v) is 27.2. The fourth-order valence-corrected chi connectivity index (χ4v) is 8.62. The van der Waals surface area contributed by atoms with Crippen LogP contribution >= 0.6 is 0 Å². The first-order valence-corrected chi connectivity index (χ1v) is 17.3. The summed E-state index contributed by atoms with van der Waals surface area (Å²) in [5, 5.41) is 2.93. The van der Waals surface area contributed by atoms with E-state index in [1.54, 1.807) is 49.2 Å². The van der Waals surface area contributed by atoms with Crippen molar-refractivity contribution in [3.63, 3.8) is 0 Å². The van der Waals surface area contributed by atoms with Crippen LogP contribution in [0.4, 0.5) is 14.9 Å². The highest BCUT2D eigenvalue weighted by molar-refractivity contribution is 7.93. The lowest BCUT2D eigenvalue weighted by Gasteiger charge is -2.40. The topological polar surface area (TPSA) is 112 Å². The minimum Gasteiger partial charge on any atom is -0.478 e. The Morgan fingerprint density at radius 3 is 2.30 bits per heavy atom. The van der Waals surface area contributed by atoms with Crippen LogP contribution in [0.5, 0.6) is 5.88 Å². The fraction of sp³-hybridized carbons (Fsp3) is 0.441. The van der Waals surface area contributed by atoms with E-state index in [9.17, 15) is 18.0 Å². The number of nitrogens with one attached hydrogen (secondary N) is 1. The molecule has 0 saturated carbocycles. The standard InChI is InChI=1S/C34H40FN5O5S/c1-4-45-31-29(20-23(2)22-36-31)34(37-33(42)39-18-14-25(15-19-39)24-12-16-38(3)17-13-24)28-21-26(35)10-11-30(28)40(32(34)41)46(43,44)27-8-6-5-7-9-27/h5-11,20-22,24-25H,4,12-19H2,1-3H3,(H,37,42). The van der Waals surface area contributed by atoms with Gasteiger partial charge in [-0.2, -0.15) is 4.31 Å². The molecule has 3 amide bonds. The predicted octanol–water partition coefficient (Wildman–Crippen LogP) is 4.67. The number of likely N-dealkylation sites (tertiary alicyclic amines) is 2.